The third-order valence-electron chi connectivity index (χ3n) is 3.36. The molecule has 1 unspecified atom stereocenters. The van der Waals surface area contributed by atoms with Crippen molar-refractivity contribution in [2.45, 2.75) is 46.1 Å². The lowest BCUT2D eigenvalue weighted by molar-refractivity contribution is -0.137. The molecule has 7 nitrogen and oxygen atoms in total. The second kappa shape index (κ2) is 8.28. The first-order valence-corrected chi connectivity index (χ1v) is 7.15. The van der Waals surface area contributed by atoms with Crippen LogP contribution in [0.2, 0.25) is 0 Å². The maximum Gasteiger partial charge on any atom is 0.315 e. The minimum atomic E-state index is -0.913. The van der Waals surface area contributed by atoms with Crippen LogP contribution in [0.5, 0.6) is 0 Å². The number of carbonyl (C=O) groups is 2. The van der Waals surface area contributed by atoms with Crippen LogP contribution in [0.15, 0.2) is 6.20 Å². The Labute approximate surface area is 124 Å². The minimum Gasteiger partial charge on any atom is -0.481 e. The molecular formula is C14H24N4O3. The molecule has 0 saturated heterocycles. The fraction of sp³-hybridized carbons (Fsp3) is 0.643. The molecule has 4 N–H and O–H groups in total. The summed E-state index contributed by atoms with van der Waals surface area (Å²) in [6.07, 6.45) is 3.36. The molecule has 7 heteroatoms. The summed E-state index contributed by atoms with van der Waals surface area (Å²) in [6.45, 7) is 6.26. The van der Waals surface area contributed by atoms with Gasteiger partial charge in [0.15, 0.2) is 0 Å². The molecule has 0 aromatic carbocycles. The van der Waals surface area contributed by atoms with E-state index < -0.39 is 5.97 Å². The number of nitrogens with one attached hydrogen (secondary N) is 3. The highest BCUT2D eigenvalue weighted by Crippen LogP contribution is 2.06. The lowest BCUT2D eigenvalue weighted by Gasteiger charge is -2.20. The number of amides is 2. The van der Waals surface area contributed by atoms with Gasteiger partial charge in [-0.1, -0.05) is 13.8 Å². The van der Waals surface area contributed by atoms with Gasteiger partial charge < -0.3 is 15.7 Å². The maximum absolute atomic E-state index is 11.7. The minimum absolute atomic E-state index is 0.0698. The number of aromatic nitrogens is 2. The molecule has 1 heterocycles. The predicted octanol–water partition coefficient (Wildman–Crippen LogP) is 1.45. The summed E-state index contributed by atoms with van der Waals surface area (Å²) < 4.78 is 0. The van der Waals surface area contributed by atoms with E-state index in [4.69, 9.17) is 5.11 Å². The van der Waals surface area contributed by atoms with E-state index in [0.717, 1.165) is 24.1 Å². The zero-order valence-electron chi connectivity index (χ0n) is 12.8. The molecule has 0 radical (unpaired) electrons. The monoisotopic (exact) mass is 296 g/mol. The zero-order valence-corrected chi connectivity index (χ0v) is 12.8. The number of urea groups is 1. The lowest BCUT2D eigenvalue weighted by atomic mass is 10.0. The van der Waals surface area contributed by atoms with Crippen LogP contribution in [0.4, 0.5) is 4.79 Å². The number of hydrogen-bond acceptors (Lipinski definition) is 3. The van der Waals surface area contributed by atoms with Gasteiger partial charge in [-0.15, -0.1) is 0 Å². The van der Waals surface area contributed by atoms with E-state index in [0.29, 0.717) is 6.54 Å². The van der Waals surface area contributed by atoms with Crippen LogP contribution in [-0.2, 0) is 11.2 Å². The van der Waals surface area contributed by atoms with Crippen LogP contribution < -0.4 is 10.6 Å². The van der Waals surface area contributed by atoms with Crippen LogP contribution in [0.25, 0.3) is 0 Å². The van der Waals surface area contributed by atoms with Crippen molar-refractivity contribution in [3.8, 4) is 0 Å². The van der Waals surface area contributed by atoms with Crippen LogP contribution in [0.1, 0.15) is 37.9 Å². The molecule has 2 amide bonds. The van der Waals surface area contributed by atoms with Gasteiger partial charge in [-0.2, -0.15) is 5.10 Å². The Bertz CT molecular complexity index is 471. The molecule has 0 aliphatic heterocycles. The van der Waals surface area contributed by atoms with Gasteiger partial charge >= 0.3 is 12.0 Å². The normalized spacial score (nSPS) is 12.2. The molecule has 0 aliphatic carbocycles. The zero-order chi connectivity index (χ0) is 15.8. The summed E-state index contributed by atoms with van der Waals surface area (Å²) in [4.78, 5) is 22.5. The number of aromatic amines is 1. The van der Waals surface area contributed by atoms with Gasteiger partial charge in [0.05, 0.1) is 12.6 Å². The van der Waals surface area contributed by atoms with Gasteiger partial charge in [-0.25, -0.2) is 4.79 Å². The largest absolute Gasteiger partial charge is 0.481 e. The Hall–Kier alpha value is -2.05. The quantitative estimate of drug-likeness (QED) is 0.545. The van der Waals surface area contributed by atoms with Crippen molar-refractivity contribution in [1.29, 1.82) is 0 Å². The molecule has 0 aliphatic rings. The fourth-order valence-electron chi connectivity index (χ4n) is 1.97. The number of carboxylic acid groups (broad SMARTS) is 1. The number of carbonyl (C=O) groups excluding carboxylic acids is 1. The van der Waals surface area contributed by atoms with Gasteiger partial charge in [-0.3, -0.25) is 9.89 Å². The summed E-state index contributed by atoms with van der Waals surface area (Å²) in [5, 5.41) is 21.1. The maximum atomic E-state index is 11.7. The molecule has 0 fully saturated rings. The van der Waals surface area contributed by atoms with Crippen molar-refractivity contribution in [1.82, 2.24) is 20.8 Å². The Balaban J connectivity index is 2.26. The summed E-state index contributed by atoms with van der Waals surface area (Å²) >= 11 is 0. The predicted molar refractivity (Wildman–Crippen MR) is 79.1 cm³/mol. The SMILES string of the molecule is Cc1[nH]ncc1CCCNC(=O)NC(CC(=O)O)C(C)C. The third-order valence-corrected chi connectivity index (χ3v) is 3.36. The van der Waals surface area contributed by atoms with E-state index in [2.05, 4.69) is 20.8 Å². The smallest absolute Gasteiger partial charge is 0.315 e. The highest BCUT2D eigenvalue weighted by molar-refractivity contribution is 5.75. The summed E-state index contributed by atoms with van der Waals surface area (Å²) in [5.41, 5.74) is 2.18. The Kier molecular flexibility index (Phi) is 6.71. The molecule has 21 heavy (non-hydrogen) atoms. The van der Waals surface area contributed by atoms with E-state index in [-0.39, 0.29) is 24.4 Å². The van der Waals surface area contributed by atoms with E-state index in [1.807, 2.05) is 20.8 Å². The Morgan fingerprint density at radius 2 is 2.14 bits per heavy atom. The number of hydrogen-bond donors (Lipinski definition) is 4. The van der Waals surface area contributed by atoms with Crippen LogP contribution in [0.3, 0.4) is 0 Å². The highest BCUT2D eigenvalue weighted by atomic mass is 16.4. The first-order chi connectivity index (χ1) is 9.90. The summed E-state index contributed by atoms with van der Waals surface area (Å²) in [6, 6.07) is -0.683. The molecule has 0 bridgehead atoms. The molecule has 1 aromatic rings. The second-order valence-corrected chi connectivity index (χ2v) is 5.47. The fourth-order valence-corrected chi connectivity index (χ4v) is 1.97. The van der Waals surface area contributed by atoms with E-state index in [1.165, 1.54) is 0 Å². The first-order valence-electron chi connectivity index (χ1n) is 7.15. The second-order valence-electron chi connectivity index (χ2n) is 5.47. The topological polar surface area (TPSA) is 107 Å². The van der Waals surface area contributed by atoms with E-state index >= 15 is 0 Å². The van der Waals surface area contributed by atoms with Gasteiger partial charge in [0, 0.05) is 18.3 Å². The van der Waals surface area contributed by atoms with Crippen molar-refractivity contribution in [2.24, 2.45) is 5.92 Å². The molecular weight excluding hydrogens is 272 g/mol. The summed E-state index contributed by atoms with van der Waals surface area (Å²) in [5.74, 6) is -0.843. The Morgan fingerprint density at radius 3 is 2.67 bits per heavy atom. The molecule has 0 saturated carbocycles. The van der Waals surface area contributed by atoms with E-state index in [9.17, 15) is 9.59 Å². The average molecular weight is 296 g/mol. The van der Waals surface area contributed by atoms with Crippen LogP contribution >= 0.6 is 0 Å². The van der Waals surface area contributed by atoms with Gasteiger partial charge in [0.25, 0.3) is 0 Å². The van der Waals surface area contributed by atoms with Crippen LogP contribution in [0, 0.1) is 12.8 Å². The number of rotatable bonds is 8. The number of carboxylic acids is 1. The van der Waals surface area contributed by atoms with E-state index in [1.54, 1.807) is 6.20 Å². The highest BCUT2D eigenvalue weighted by Gasteiger charge is 2.19. The van der Waals surface area contributed by atoms with Gasteiger partial charge in [-0.05, 0) is 31.2 Å². The number of H-pyrrole nitrogens is 1. The van der Waals surface area contributed by atoms with Crippen molar-refractivity contribution in [3.05, 3.63) is 17.5 Å². The van der Waals surface area contributed by atoms with Gasteiger partial charge in [0.2, 0.25) is 0 Å². The number of aryl methyl sites for hydroxylation is 2. The molecule has 1 atom stereocenters. The average Bonchev–Trinajstić information content (AvgIpc) is 2.79. The summed E-state index contributed by atoms with van der Waals surface area (Å²) in [7, 11) is 0. The van der Waals surface area contributed by atoms with Crippen LogP contribution in [-0.4, -0.2) is 39.9 Å². The van der Waals surface area contributed by atoms with Crippen molar-refractivity contribution in [2.75, 3.05) is 6.54 Å². The number of nitrogens with zero attached hydrogens (tertiary/aromatic N) is 1. The molecule has 0 spiro atoms. The molecule has 118 valence electrons. The van der Waals surface area contributed by atoms with Gasteiger partial charge in [0.1, 0.15) is 0 Å². The standard InChI is InChI=1S/C14H24N4O3/c1-9(2)12(7-13(19)20)17-14(21)15-6-4-5-11-8-16-18-10(11)3/h8-9,12H,4-7H2,1-3H3,(H,16,18)(H,19,20)(H2,15,17,21). The molecule has 1 aromatic heterocycles. The third kappa shape index (κ3) is 6.29. The van der Waals surface area contributed by atoms with Crippen molar-refractivity contribution >= 4 is 12.0 Å². The molecule has 1 rings (SSSR count). The van der Waals surface area contributed by atoms with Crippen molar-refractivity contribution < 1.29 is 14.7 Å². The number of aliphatic carboxylic acids is 1. The lowest BCUT2D eigenvalue weighted by Crippen LogP contribution is -2.45. The van der Waals surface area contributed by atoms with Crippen molar-refractivity contribution in [3.63, 3.8) is 0 Å². The Morgan fingerprint density at radius 1 is 1.43 bits per heavy atom. The first kappa shape index (κ1) is 17.0.